The lowest BCUT2D eigenvalue weighted by Gasteiger charge is -2.37. The Balaban J connectivity index is 1.29. The van der Waals surface area contributed by atoms with Crippen LogP contribution in [0.5, 0.6) is 0 Å². The first-order chi connectivity index (χ1) is 14.0. The van der Waals surface area contributed by atoms with E-state index in [-0.39, 0.29) is 35.6 Å². The number of rotatable bonds is 4. The van der Waals surface area contributed by atoms with Crippen LogP contribution in [0.25, 0.3) is 11.0 Å². The average Bonchev–Trinajstić information content (AvgIpc) is 3.36. The molecule has 3 aromatic rings. The Morgan fingerprint density at radius 3 is 2.76 bits per heavy atom. The largest absolute Gasteiger partial charge is 0.378 e. The highest BCUT2D eigenvalue weighted by atomic mass is 32.2. The zero-order valence-corrected chi connectivity index (χ0v) is 16.8. The summed E-state index contributed by atoms with van der Waals surface area (Å²) < 4.78 is 42.3. The standard InChI is InChI=1S/C16H17N7O4S2/c24-16(21-4-6-27-7-5-21)13-10-23(20-17-13)11-8-22(9-11)29(25,26)14-3-1-2-12-15(14)19-28-18-12/h1-3,10-11H,4-9H2. The molecular weight excluding hydrogens is 418 g/mol. The van der Waals surface area contributed by atoms with Gasteiger partial charge in [-0.2, -0.15) is 13.1 Å². The molecule has 0 N–H and O–H groups in total. The van der Waals surface area contributed by atoms with Crippen molar-refractivity contribution in [2.75, 3.05) is 39.4 Å². The number of nitrogens with zero attached hydrogens (tertiary/aromatic N) is 7. The predicted molar refractivity (Wildman–Crippen MR) is 102 cm³/mol. The molecule has 1 aromatic carbocycles. The topological polar surface area (TPSA) is 123 Å². The Hall–Kier alpha value is -2.48. The molecule has 0 aliphatic carbocycles. The van der Waals surface area contributed by atoms with Crippen molar-refractivity contribution in [3.05, 3.63) is 30.1 Å². The molecule has 2 aliphatic rings. The van der Waals surface area contributed by atoms with E-state index in [9.17, 15) is 13.2 Å². The fraction of sp³-hybridized carbons (Fsp3) is 0.438. The van der Waals surface area contributed by atoms with Gasteiger partial charge in [-0.15, -0.1) is 5.10 Å². The molecule has 152 valence electrons. The van der Waals surface area contributed by atoms with Crippen LogP contribution in [-0.4, -0.2) is 86.7 Å². The van der Waals surface area contributed by atoms with Gasteiger partial charge in [0.15, 0.2) is 5.69 Å². The number of fused-ring (bicyclic) bond motifs is 1. The lowest BCUT2D eigenvalue weighted by atomic mass is 10.2. The smallest absolute Gasteiger partial charge is 0.276 e. The molecule has 2 aliphatic heterocycles. The maximum atomic E-state index is 13.0. The van der Waals surface area contributed by atoms with Crippen LogP contribution in [0, 0.1) is 0 Å². The fourth-order valence-electron chi connectivity index (χ4n) is 3.39. The molecule has 29 heavy (non-hydrogen) atoms. The summed E-state index contributed by atoms with van der Waals surface area (Å²) in [6, 6.07) is 4.77. The van der Waals surface area contributed by atoms with Crippen LogP contribution in [0.2, 0.25) is 0 Å². The molecule has 2 fully saturated rings. The minimum atomic E-state index is -3.68. The molecule has 0 radical (unpaired) electrons. The number of carbonyl (C=O) groups excluding carboxylic acids is 1. The van der Waals surface area contributed by atoms with E-state index < -0.39 is 10.0 Å². The quantitative estimate of drug-likeness (QED) is 0.561. The molecule has 4 heterocycles. The van der Waals surface area contributed by atoms with E-state index in [1.807, 2.05) is 0 Å². The first-order valence-corrected chi connectivity index (χ1v) is 11.2. The predicted octanol–water partition coefficient (Wildman–Crippen LogP) is 0.000800. The van der Waals surface area contributed by atoms with Crippen molar-refractivity contribution >= 4 is 38.7 Å². The number of ether oxygens (including phenoxy) is 1. The second-order valence-electron chi connectivity index (χ2n) is 6.85. The first-order valence-electron chi connectivity index (χ1n) is 9.04. The average molecular weight is 435 g/mol. The Morgan fingerprint density at radius 1 is 1.17 bits per heavy atom. The highest BCUT2D eigenvalue weighted by molar-refractivity contribution is 7.89. The van der Waals surface area contributed by atoms with Crippen molar-refractivity contribution in [2.24, 2.45) is 0 Å². The number of hydrogen-bond acceptors (Lipinski definition) is 9. The zero-order chi connectivity index (χ0) is 20.0. The summed E-state index contributed by atoms with van der Waals surface area (Å²) in [7, 11) is -3.68. The van der Waals surface area contributed by atoms with Gasteiger partial charge in [0.25, 0.3) is 5.91 Å². The van der Waals surface area contributed by atoms with E-state index in [1.165, 1.54) is 4.31 Å². The summed E-state index contributed by atoms with van der Waals surface area (Å²) in [6.07, 6.45) is 1.58. The first kappa shape index (κ1) is 18.5. The summed E-state index contributed by atoms with van der Waals surface area (Å²) in [5, 5.41) is 8.00. The summed E-state index contributed by atoms with van der Waals surface area (Å²) >= 11 is 0.986. The van der Waals surface area contributed by atoms with Crippen LogP contribution >= 0.6 is 11.7 Å². The SMILES string of the molecule is O=C(c1cn(C2CN(S(=O)(=O)c3cccc4nsnc34)C2)nn1)N1CCOCC1. The third kappa shape index (κ3) is 3.19. The lowest BCUT2D eigenvalue weighted by molar-refractivity contribution is 0.0299. The van der Waals surface area contributed by atoms with Gasteiger partial charge in [0.1, 0.15) is 15.9 Å². The van der Waals surface area contributed by atoms with Crippen molar-refractivity contribution < 1.29 is 17.9 Å². The molecule has 5 rings (SSSR count). The van der Waals surface area contributed by atoms with E-state index in [1.54, 1.807) is 34.0 Å². The zero-order valence-electron chi connectivity index (χ0n) is 15.2. The van der Waals surface area contributed by atoms with E-state index in [0.29, 0.717) is 37.3 Å². The Bertz CT molecular complexity index is 1160. The van der Waals surface area contributed by atoms with Gasteiger partial charge in [0.2, 0.25) is 10.0 Å². The third-order valence-electron chi connectivity index (χ3n) is 5.10. The van der Waals surface area contributed by atoms with Gasteiger partial charge in [-0.1, -0.05) is 11.3 Å². The monoisotopic (exact) mass is 435 g/mol. The van der Waals surface area contributed by atoms with E-state index in [4.69, 9.17) is 4.74 Å². The summed E-state index contributed by atoms with van der Waals surface area (Å²) in [5.41, 5.74) is 1.21. The Morgan fingerprint density at radius 2 is 1.97 bits per heavy atom. The molecule has 2 aromatic heterocycles. The van der Waals surface area contributed by atoms with Gasteiger partial charge < -0.3 is 9.64 Å². The minimum Gasteiger partial charge on any atom is -0.378 e. The molecule has 13 heteroatoms. The van der Waals surface area contributed by atoms with Gasteiger partial charge in [-0.05, 0) is 12.1 Å². The summed E-state index contributed by atoms with van der Waals surface area (Å²) in [6.45, 7) is 2.58. The lowest BCUT2D eigenvalue weighted by Crippen LogP contribution is -2.50. The molecule has 0 spiro atoms. The van der Waals surface area contributed by atoms with Crippen molar-refractivity contribution in [2.45, 2.75) is 10.9 Å². The molecule has 0 bridgehead atoms. The van der Waals surface area contributed by atoms with E-state index in [2.05, 4.69) is 19.1 Å². The number of carbonyl (C=O) groups is 1. The summed E-state index contributed by atoms with van der Waals surface area (Å²) in [5.74, 6) is -0.189. The van der Waals surface area contributed by atoms with Crippen LogP contribution < -0.4 is 0 Å². The molecule has 0 saturated carbocycles. The number of benzene rings is 1. The second-order valence-corrected chi connectivity index (χ2v) is 9.29. The number of amides is 1. The number of aromatic nitrogens is 5. The van der Waals surface area contributed by atoms with Gasteiger partial charge in [0, 0.05) is 26.2 Å². The summed E-state index contributed by atoms with van der Waals surface area (Å²) in [4.78, 5) is 14.3. The van der Waals surface area contributed by atoms with Crippen molar-refractivity contribution in [1.29, 1.82) is 0 Å². The fourth-order valence-corrected chi connectivity index (χ4v) is 5.66. The van der Waals surface area contributed by atoms with Gasteiger partial charge in [-0.25, -0.2) is 13.1 Å². The maximum Gasteiger partial charge on any atom is 0.276 e. The molecular formula is C16H17N7O4S2. The van der Waals surface area contributed by atoms with Crippen LogP contribution in [-0.2, 0) is 14.8 Å². The van der Waals surface area contributed by atoms with Gasteiger partial charge in [0.05, 0.1) is 37.2 Å². The Labute approximate surface area is 170 Å². The molecule has 0 atom stereocenters. The van der Waals surface area contributed by atoms with Crippen LogP contribution in [0.15, 0.2) is 29.3 Å². The van der Waals surface area contributed by atoms with Crippen LogP contribution in [0.1, 0.15) is 16.5 Å². The number of morpholine rings is 1. The normalized spacial score (nSPS) is 18.8. The second kappa shape index (κ2) is 7.09. The number of sulfonamides is 1. The van der Waals surface area contributed by atoms with Crippen LogP contribution in [0.3, 0.4) is 0 Å². The van der Waals surface area contributed by atoms with E-state index >= 15 is 0 Å². The minimum absolute atomic E-state index is 0.156. The van der Waals surface area contributed by atoms with E-state index in [0.717, 1.165) is 11.7 Å². The van der Waals surface area contributed by atoms with Crippen molar-refractivity contribution in [3.63, 3.8) is 0 Å². The molecule has 2 saturated heterocycles. The molecule has 11 nitrogen and oxygen atoms in total. The van der Waals surface area contributed by atoms with Crippen molar-refractivity contribution in [3.8, 4) is 0 Å². The highest BCUT2D eigenvalue weighted by Crippen LogP contribution is 2.31. The van der Waals surface area contributed by atoms with Gasteiger partial charge >= 0.3 is 0 Å². The van der Waals surface area contributed by atoms with Crippen molar-refractivity contribution in [1.82, 2.24) is 32.9 Å². The molecule has 0 unspecified atom stereocenters. The Kier molecular flexibility index (Phi) is 4.53. The van der Waals surface area contributed by atoms with Crippen LogP contribution in [0.4, 0.5) is 0 Å². The molecule has 1 amide bonds. The third-order valence-corrected chi connectivity index (χ3v) is 7.50. The highest BCUT2D eigenvalue weighted by Gasteiger charge is 2.39. The van der Waals surface area contributed by atoms with Gasteiger partial charge in [-0.3, -0.25) is 4.79 Å². The number of hydrogen-bond donors (Lipinski definition) is 0. The maximum absolute atomic E-state index is 13.0.